The predicted octanol–water partition coefficient (Wildman–Crippen LogP) is 5.63. The fourth-order valence-corrected chi connectivity index (χ4v) is 5.90. The van der Waals surface area contributed by atoms with Crippen molar-refractivity contribution in [3.63, 3.8) is 0 Å². The van der Waals surface area contributed by atoms with E-state index >= 15 is 0 Å². The molecule has 4 heterocycles. The number of piperidine rings is 1. The van der Waals surface area contributed by atoms with E-state index in [2.05, 4.69) is 45.1 Å². The molecule has 182 valence electrons. The molecule has 2 saturated heterocycles. The summed E-state index contributed by atoms with van der Waals surface area (Å²) in [6, 6.07) is 13.2. The van der Waals surface area contributed by atoms with Gasteiger partial charge in [-0.1, -0.05) is 17.3 Å². The van der Waals surface area contributed by atoms with Crippen molar-refractivity contribution in [2.24, 2.45) is 0 Å². The predicted molar refractivity (Wildman–Crippen MR) is 134 cm³/mol. The van der Waals surface area contributed by atoms with Gasteiger partial charge in [0.2, 0.25) is 0 Å². The maximum Gasteiger partial charge on any atom is 0.270 e. The minimum absolute atomic E-state index is 0.120. The van der Waals surface area contributed by atoms with Gasteiger partial charge in [-0.15, -0.1) is 0 Å². The number of aromatic amines is 1. The van der Waals surface area contributed by atoms with Crippen molar-refractivity contribution in [1.29, 1.82) is 0 Å². The summed E-state index contributed by atoms with van der Waals surface area (Å²) in [6.07, 6.45) is 5.17. The molecule has 2 aromatic heterocycles. The number of nitrogens with zero attached hydrogens (tertiary/aromatic N) is 3. The Kier molecular flexibility index (Phi) is 5.80. The van der Waals surface area contributed by atoms with Crippen LogP contribution in [0.2, 0.25) is 0 Å². The van der Waals surface area contributed by atoms with Crippen LogP contribution in [0.5, 0.6) is 0 Å². The topological polar surface area (TPSA) is 65.4 Å². The van der Waals surface area contributed by atoms with Crippen LogP contribution in [0.1, 0.15) is 59.8 Å². The highest BCUT2D eigenvalue weighted by Crippen LogP contribution is 2.33. The Hall–Kier alpha value is -3.19. The van der Waals surface area contributed by atoms with E-state index in [1.807, 2.05) is 6.07 Å². The number of fused-ring (bicyclic) bond motifs is 2. The van der Waals surface area contributed by atoms with E-state index in [9.17, 15) is 9.18 Å². The van der Waals surface area contributed by atoms with Crippen LogP contribution in [-0.4, -0.2) is 58.1 Å². The van der Waals surface area contributed by atoms with Crippen LogP contribution in [0.15, 0.2) is 47.0 Å². The molecule has 1 amide bonds. The molecule has 4 aromatic rings. The Morgan fingerprint density at radius 3 is 2.83 bits per heavy atom. The fourth-order valence-electron chi connectivity index (χ4n) is 5.90. The molecule has 0 saturated carbocycles. The maximum absolute atomic E-state index is 13.5. The van der Waals surface area contributed by atoms with Crippen LogP contribution in [0.3, 0.4) is 0 Å². The summed E-state index contributed by atoms with van der Waals surface area (Å²) >= 11 is 0. The zero-order chi connectivity index (χ0) is 23.9. The highest BCUT2D eigenvalue weighted by Gasteiger charge is 2.31. The largest absolute Gasteiger partial charge is 0.356 e. The van der Waals surface area contributed by atoms with E-state index in [0.29, 0.717) is 23.2 Å². The van der Waals surface area contributed by atoms with Gasteiger partial charge in [0, 0.05) is 47.4 Å². The number of rotatable bonds is 5. The molecule has 1 N–H and O–H groups in total. The third kappa shape index (κ3) is 4.33. The van der Waals surface area contributed by atoms with Gasteiger partial charge in [0.1, 0.15) is 11.5 Å². The Morgan fingerprint density at radius 1 is 1.11 bits per heavy atom. The Morgan fingerprint density at radius 2 is 1.97 bits per heavy atom. The number of aromatic nitrogens is 2. The van der Waals surface area contributed by atoms with Gasteiger partial charge in [0.15, 0.2) is 5.58 Å². The second kappa shape index (κ2) is 9.11. The first-order valence-corrected chi connectivity index (χ1v) is 12.7. The number of aryl methyl sites for hydroxylation is 1. The van der Waals surface area contributed by atoms with Gasteiger partial charge >= 0.3 is 0 Å². The first-order chi connectivity index (χ1) is 17.0. The number of H-pyrrole nitrogens is 1. The molecule has 7 heteroatoms. The lowest BCUT2D eigenvalue weighted by molar-refractivity contribution is 0.0712. The van der Waals surface area contributed by atoms with E-state index in [4.69, 9.17) is 4.52 Å². The normalized spacial score (nSPS) is 19.8. The Balaban J connectivity index is 1.05. The molecule has 6 nitrogen and oxygen atoms in total. The molecule has 0 radical (unpaired) electrons. The summed E-state index contributed by atoms with van der Waals surface area (Å²) in [5.41, 5.74) is 4.39. The average molecular weight is 475 g/mol. The minimum Gasteiger partial charge on any atom is -0.356 e. The van der Waals surface area contributed by atoms with Gasteiger partial charge in [0.25, 0.3) is 5.91 Å². The monoisotopic (exact) mass is 474 g/mol. The van der Waals surface area contributed by atoms with Crippen molar-refractivity contribution in [3.8, 4) is 0 Å². The molecule has 2 aromatic carbocycles. The maximum atomic E-state index is 13.5. The molecule has 0 bridgehead atoms. The molecule has 2 aliphatic rings. The smallest absolute Gasteiger partial charge is 0.270 e. The lowest BCUT2D eigenvalue weighted by atomic mass is 9.91. The molecule has 1 unspecified atom stereocenters. The third-order valence-corrected chi connectivity index (χ3v) is 7.86. The molecule has 2 aliphatic heterocycles. The van der Waals surface area contributed by atoms with Crippen molar-refractivity contribution < 1.29 is 13.7 Å². The van der Waals surface area contributed by atoms with E-state index in [1.54, 1.807) is 6.07 Å². The zero-order valence-corrected chi connectivity index (χ0v) is 20.1. The molecule has 0 aliphatic carbocycles. The molecule has 2 fully saturated rings. The lowest BCUT2D eigenvalue weighted by Crippen LogP contribution is -2.40. The summed E-state index contributed by atoms with van der Waals surface area (Å²) in [5, 5.41) is 6.28. The highest BCUT2D eigenvalue weighted by molar-refractivity contribution is 5.98. The Labute approximate surface area is 204 Å². The first-order valence-electron chi connectivity index (χ1n) is 12.7. The van der Waals surface area contributed by atoms with Gasteiger partial charge in [-0.05, 0) is 81.9 Å². The lowest BCUT2D eigenvalue weighted by Gasteiger charge is -2.33. The fraction of sp³-hybridized carbons (Fsp3) is 0.429. The van der Waals surface area contributed by atoms with Crippen molar-refractivity contribution in [3.05, 3.63) is 65.2 Å². The number of likely N-dealkylation sites (tertiary alicyclic amines) is 2. The number of carbonyl (C=O) groups excluding carboxylic acids is 1. The van der Waals surface area contributed by atoms with Gasteiger partial charge in [-0.3, -0.25) is 4.79 Å². The number of hydrogen-bond donors (Lipinski definition) is 1. The van der Waals surface area contributed by atoms with E-state index in [-0.39, 0.29) is 11.7 Å². The van der Waals surface area contributed by atoms with Crippen LogP contribution in [-0.2, 0) is 0 Å². The number of benzene rings is 2. The van der Waals surface area contributed by atoms with E-state index in [0.717, 1.165) is 80.3 Å². The second-order valence-corrected chi connectivity index (χ2v) is 10.2. The number of amides is 1. The van der Waals surface area contributed by atoms with E-state index in [1.165, 1.54) is 17.7 Å². The third-order valence-electron chi connectivity index (χ3n) is 7.86. The number of nitrogens with one attached hydrogen (secondary N) is 1. The molecular formula is C28H31FN4O2. The number of carbonyl (C=O) groups is 1. The van der Waals surface area contributed by atoms with Crippen LogP contribution in [0.4, 0.5) is 4.39 Å². The van der Waals surface area contributed by atoms with Crippen molar-refractivity contribution >= 4 is 27.8 Å². The minimum atomic E-state index is -0.297. The molecule has 0 spiro atoms. The zero-order valence-electron chi connectivity index (χ0n) is 20.1. The van der Waals surface area contributed by atoms with Gasteiger partial charge in [0.05, 0.1) is 5.69 Å². The highest BCUT2D eigenvalue weighted by atomic mass is 19.1. The summed E-state index contributed by atoms with van der Waals surface area (Å²) in [5.74, 6) is 0.164. The average Bonchev–Trinajstić information content (AvgIpc) is 3.60. The van der Waals surface area contributed by atoms with Crippen molar-refractivity contribution in [1.82, 2.24) is 19.9 Å². The Bertz CT molecular complexity index is 1370. The summed E-state index contributed by atoms with van der Waals surface area (Å²) in [4.78, 5) is 21.2. The number of hydrogen-bond acceptors (Lipinski definition) is 4. The van der Waals surface area contributed by atoms with Gasteiger partial charge < -0.3 is 19.3 Å². The van der Waals surface area contributed by atoms with Crippen LogP contribution in [0, 0.1) is 12.7 Å². The first kappa shape index (κ1) is 22.3. The van der Waals surface area contributed by atoms with Gasteiger partial charge in [-0.2, -0.15) is 0 Å². The van der Waals surface area contributed by atoms with Crippen LogP contribution >= 0.6 is 0 Å². The quantitative estimate of drug-likeness (QED) is 0.407. The molecule has 35 heavy (non-hydrogen) atoms. The van der Waals surface area contributed by atoms with Crippen LogP contribution < -0.4 is 0 Å². The summed E-state index contributed by atoms with van der Waals surface area (Å²) < 4.78 is 18.8. The van der Waals surface area contributed by atoms with Gasteiger partial charge in [-0.25, -0.2) is 4.39 Å². The van der Waals surface area contributed by atoms with Crippen LogP contribution in [0.25, 0.3) is 21.9 Å². The molecular weight excluding hydrogens is 443 g/mol. The standard InChI is InChI=1S/C28H31FN4O2/c1-18-4-5-20-16-25(30-24(20)15-18)28(34)33-11-2-3-22(33)10-14-32-12-8-19(9-13-32)27-23-7-6-21(29)17-26(23)35-31-27/h4-7,15-17,19,22,30H,2-3,8-14H2,1H3. The summed E-state index contributed by atoms with van der Waals surface area (Å²) in [6.45, 7) is 5.90. The summed E-state index contributed by atoms with van der Waals surface area (Å²) in [7, 11) is 0. The van der Waals surface area contributed by atoms with E-state index < -0.39 is 0 Å². The number of halogens is 1. The second-order valence-electron chi connectivity index (χ2n) is 10.2. The SMILES string of the molecule is Cc1ccc2cc(C(=O)N3CCCC3CCN3CCC(c4noc5cc(F)ccc45)CC3)[nH]c2c1. The molecule has 1 atom stereocenters. The van der Waals surface area contributed by atoms with Crippen molar-refractivity contribution in [2.45, 2.75) is 51.0 Å². The van der Waals surface area contributed by atoms with Crippen molar-refractivity contribution in [2.75, 3.05) is 26.2 Å². The molecule has 6 rings (SSSR count).